The molecule has 0 aliphatic carbocycles. The van der Waals surface area contributed by atoms with Gasteiger partial charge in [-0.3, -0.25) is 0 Å². The lowest BCUT2D eigenvalue weighted by molar-refractivity contribution is 0.719. The minimum absolute atomic E-state index is 0.756. The zero-order valence-electron chi connectivity index (χ0n) is 7.41. The average molecular weight is 160 g/mol. The third-order valence-electron chi connectivity index (χ3n) is 1.37. The number of hydrogen-bond donors (Lipinski definition) is 2. The van der Waals surface area contributed by atoms with Crippen LogP contribution in [0.2, 0.25) is 25.7 Å². The van der Waals surface area contributed by atoms with Crippen LogP contribution in [-0.2, 0) is 0 Å². The zero-order valence-corrected chi connectivity index (χ0v) is 8.41. The first kappa shape index (κ1) is 10.1. The predicted octanol–water partition coefficient (Wildman–Crippen LogP) is 0.873. The molecular formula is C7H20N2Si. The smallest absolute Gasteiger partial charge is 0.0455 e. The SMILES string of the molecule is C[Si](C)(C)CCNCCN. The zero-order chi connectivity index (χ0) is 8.04. The van der Waals surface area contributed by atoms with E-state index in [1.54, 1.807) is 0 Å². The molecule has 0 amide bonds. The molecule has 0 unspecified atom stereocenters. The van der Waals surface area contributed by atoms with Crippen molar-refractivity contribution in [2.24, 2.45) is 5.73 Å². The van der Waals surface area contributed by atoms with Crippen molar-refractivity contribution in [1.29, 1.82) is 0 Å². The van der Waals surface area contributed by atoms with Gasteiger partial charge in [0.1, 0.15) is 0 Å². The highest BCUT2D eigenvalue weighted by Crippen LogP contribution is 2.05. The van der Waals surface area contributed by atoms with Gasteiger partial charge >= 0.3 is 0 Å². The summed E-state index contributed by atoms with van der Waals surface area (Å²) < 4.78 is 0. The maximum absolute atomic E-state index is 5.33. The van der Waals surface area contributed by atoms with Crippen molar-refractivity contribution in [3.8, 4) is 0 Å². The van der Waals surface area contributed by atoms with Gasteiger partial charge in [0.25, 0.3) is 0 Å². The summed E-state index contributed by atoms with van der Waals surface area (Å²) >= 11 is 0. The molecule has 3 N–H and O–H groups in total. The Hall–Kier alpha value is 0.137. The van der Waals surface area contributed by atoms with Crippen molar-refractivity contribution >= 4 is 8.07 Å². The molecule has 0 atom stereocenters. The Balaban J connectivity index is 3.04. The standard InChI is InChI=1S/C7H20N2Si/c1-10(2,3)7-6-9-5-4-8/h9H,4-8H2,1-3H3. The van der Waals surface area contributed by atoms with Gasteiger partial charge in [-0.2, -0.15) is 0 Å². The molecule has 0 aromatic rings. The van der Waals surface area contributed by atoms with Crippen molar-refractivity contribution < 1.29 is 0 Å². The lowest BCUT2D eigenvalue weighted by Gasteiger charge is -2.15. The Labute approximate surface area is 65.2 Å². The van der Waals surface area contributed by atoms with Crippen LogP contribution in [0.1, 0.15) is 0 Å². The second kappa shape index (κ2) is 4.88. The van der Waals surface area contributed by atoms with Crippen molar-refractivity contribution in [3.63, 3.8) is 0 Å². The summed E-state index contributed by atoms with van der Waals surface area (Å²) in [6.45, 7) is 10.0. The van der Waals surface area contributed by atoms with Crippen molar-refractivity contribution in [3.05, 3.63) is 0 Å². The fourth-order valence-electron chi connectivity index (χ4n) is 0.690. The molecule has 0 spiro atoms. The lowest BCUT2D eigenvalue weighted by Crippen LogP contribution is -2.29. The molecule has 0 saturated carbocycles. The summed E-state index contributed by atoms with van der Waals surface area (Å²) in [6, 6.07) is 1.35. The third kappa shape index (κ3) is 8.14. The molecule has 0 saturated heterocycles. The summed E-state index contributed by atoms with van der Waals surface area (Å²) in [4.78, 5) is 0. The monoisotopic (exact) mass is 160 g/mol. The average Bonchev–Trinajstić information content (AvgIpc) is 1.78. The first-order valence-corrected chi connectivity index (χ1v) is 7.68. The summed E-state index contributed by atoms with van der Waals surface area (Å²) in [7, 11) is -0.811. The molecule has 0 aromatic carbocycles. The highest BCUT2D eigenvalue weighted by atomic mass is 28.3. The van der Waals surface area contributed by atoms with E-state index in [2.05, 4.69) is 25.0 Å². The molecule has 0 aliphatic heterocycles. The van der Waals surface area contributed by atoms with Gasteiger partial charge in [0.15, 0.2) is 0 Å². The van der Waals surface area contributed by atoms with Gasteiger partial charge in [-0.05, 0) is 12.6 Å². The van der Waals surface area contributed by atoms with Gasteiger partial charge in [-0.25, -0.2) is 0 Å². The van der Waals surface area contributed by atoms with Crippen molar-refractivity contribution in [1.82, 2.24) is 5.32 Å². The van der Waals surface area contributed by atoms with Gasteiger partial charge in [0.05, 0.1) is 0 Å². The lowest BCUT2D eigenvalue weighted by atomic mass is 10.6. The summed E-state index contributed by atoms with van der Waals surface area (Å²) in [5, 5.41) is 3.30. The number of rotatable bonds is 5. The van der Waals surface area contributed by atoms with Crippen LogP contribution in [0.3, 0.4) is 0 Å². The van der Waals surface area contributed by atoms with Crippen LogP contribution in [0.25, 0.3) is 0 Å². The molecule has 0 aromatic heterocycles. The van der Waals surface area contributed by atoms with Gasteiger partial charge in [-0.15, -0.1) is 0 Å². The number of nitrogens with one attached hydrogen (secondary N) is 1. The van der Waals surface area contributed by atoms with E-state index in [1.807, 2.05) is 0 Å². The Bertz CT molecular complexity index is 78.2. The maximum atomic E-state index is 5.33. The summed E-state index contributed by atoms with van der Waals surface area (Å²) in [5.74, 6) is 0. The van der Waals surface area contributed by atoms with Crippen LogP contribution in [0.4, 0.5) is 0 Å². The van der Waals surface area contributed by atoms with Crippen LogP contribution in [0.5, 0.6) is 0 Å². The van der Waals surface area contributed by atoms with Crippen LogP contribution < -0.4 is 11.1 Å². The van der Waals surface area contributed by atoms with E-state index < -0.39 is 8.07 Å². The highest BCUT2D eigenvalue weighted by molar-refractivity contribution is 6.76. The normalized spacial score (nSPS) is 12.0. The molecule has 0 bridgehead atoms. The molecule has 0 fully saturated rings. The maximum Gasteiger partial charge on any atom is 0.0455 e. The van der Waals surface area contributed by atoms with Gasteiger partial charge in [0, 0.05) is 21.2 Å². The molecule has 62 valence electrons. The third-order valence-corrected chi connectivity index (χ3v) is 3.12. The van der Waals surface area contributed by atoms with Gasteiger partial charge in [0.2, 0.25) is 0 Å². The molecule has 0 heterocycles. The van der Waals surface area contributed by atoms with E-state index in [0.29, 0.717) is 0 Å². The fourth-order valence-corrected chi connectivity index (χ4v) is 1.62. The van der Waals surface area contributed by atoms with E-state index in [9.17, 15) is 0 Å². The Morgan fingerprint density at radius 1 is 1.20 bits per heavy atom. The number of hydrogen-bond acceptors (Lipinski definition) is 2. The molecule has 0 aliphatic rings. The predicted molar refractivity (Wildman–Crippen MR) is 50.1 cm³/mol. The molecular weight excluding hydrogens is 140 g/mol. The Morgan fingerprint density at radius 2 is 1.80 bits per heavy atom. The van der Waals surface area contributed by atoms with E-state index in [1.165, 1.54) is 6.04 Å². The van der Waals surface area contributed by atoms with Crippen LogP contribution in [0, 0.1) is 0 Å². The fraction of sp³-hybridized carbons (Fsp3) is 1.00. The first-order valence-electron chi connectivity index (χ1n) is 3.97. The van der Waals surface area contributed by atoms with Crippen LogP contribution >= 0.6 is 0 Å². The van der Waals surface area contributed by atoms with E-state index in [-0.39, 0.29) is 0 Å². The molecule has 0 rings (SSSR count). The van der Waals surface area contributed by atoms with Gasteiger partial charge < -0.3 is 11.1 Å². The van der Waals surface area contributed by atoms with Crippen LogP contribution in [-0.4, -0.2) is 27.7 Å². The van der Waals surface area contributed by atoms with Crippen molar-refractivity contribution in [2.45, 2.75) is 25.7 Å². The molecule has 3 heteroatoms. The second-order valence-corrected chi connectivity index (χ2v) is 9.47. The van der Waals surface area contributed by atoms with Crippen molar-refractivity contribution in [2.75, 3.05) is 19.6 Å². The summed E-state index contributed by atoms with van der Waals surface area (Å²) in [6.07, 6.45) is 0. The van der Waals surface area contributed by atoms with Crippen LogP contribution in [0.15, 0.2) is 0 Å². The van der Waals surface area contributed by atoms with Gasteiger partial charge in [-0.1, -0.05) is 19.6 Å². The minimum Gasteiger partial charge on any atom is -0.329 e. The number of nitrogens with two attached hydrogens (primary N) is 1. The summed E-state index contributed by atoms with van der Waals surface area (Å²) in [5.41, 5.74) is 5.33. The Kier molecular flexibility index (Phi) is 4.94. The van der Waals surface area contributed by atoms with E-state index >= 15 is 0 Å². The topological polar surface area (TPSA) is 38.0 Å². The molecule has 2 nitrogen and oxygen atoms in total. The highest BCUT2D eigenvalue weighted by Gasteiger charge is 2.10. The second-order valence-electron chi connectivity index (χ2n) is 3.85. The quantitative estimate of drug-likeness (QED) is 0.463. The van der Waals surface area contributed by atoms with E-state index in [0.717, 1.165) is 19.6 Å². The first-order chi connectivity index (χ1) is 4.56. The molecule has 0 radical (unpaired) electrons. The minimum atomic E-state index is -0.811. The van der Waals surface area contributed by atoms with E-state index in [4.69, 9.17) is 5.73 Å². The Morgan fingerprint density at radius 3 is 2.20 bits per heavy atom. The molecule has 10 heavy (non-hydrogen) atoms. The largest absolute Gasteiger partial charge is 0.329 e.